The molecule has 3 aromatic rings. The molecule has 1 aliphatic rings. The van der Waals surface area contributed by atoms with Crippen LogP contribution in [0.25, 0.3) is 11.4 Å². The predicted molar refractivity (Wildman–Crippen MR) is 110 cm³/mol. The van der Waals surface area contributed by atoms with Crippen molar-refractivity contribution in [2.75, 3.05) is 38.2 Å². The van der Waals surface area contributed by atoms with E-state index < -0.39 is 11.7 Å². The van der Waals surface area contributed by atoms with Gasteiger partial charge in [-0.2, -0.15) is 18.0 Å². The number of aromatic nitrogens is 4. The Morgan fingerprint density at radius 1 is 1.06 bits per heavy atom. The topological polar surface area (TPSA) is 76.4 Å². The monoisotopic (exact) mass is 446 g/mol. The third kappa shape index (κ3) is 4.82. The summed E-state index contributed by atoms with van der Waals surface area (Å²) >= 11 is 0. The van der Waals surface area contributed by atoms with Crippen LogP contribution in [-0.2, 0) is 17.5 Å². The molecule has 0 bridgehead atoms. The Hall–Kier alpha value is -3.63. The van der Waals surface area contributed by atoms with Gasteiger partial charge in [-0.15, -0.1) is 10.2 Å². The number of piperazine rings is 1. The number of alkyl halides is 3. The van der Waals surface area contributed by atoms with Crippen LogP contribution >= 0.6 is 0 Å². The highest BCUT2D eigenvalue weighted by Crippen LogP contribution is 2.31. The number of benzene rings is 2. The summed E-state index contributed by atoms with van der Waals surface area (Å²) in [4.78, 5) is 17.4. The highest BCUT2D eigenvalue weighted by atomic mass is 19.4. The summed E-state index contributed by atoms with van der Waals surface area (Å²) in [5, 5.41) is 12.2. The van der Waals surface area contributed by atoms with Gasteiger partial charge in [-0.25, -0.2) is 0 Å². The Morgan fingerprint density at radius 2 is 1.81 bits per heavy atom. The summed E-state index contributed by atoms with van der Waals surface area (Å²) in [6.07, 6.45) is -4.39. The molecule has 1 amide bonds. The van der Waals surface area contributed by atoms with E-state index in [4.69, 9.17) is 4.74 Å². The molecule has 0 unspecified atom stereocenters. The standard InChI is InChI=1S/C21H21F3N6O2/c1-32-18-7-2-4-15(12-18)20-25-27-30(26-20)14-19(31)29-10-8-28(9-11-29)17-6-3-5-16(13-17)21(22,23)24/h2-7,12-13H,8-11,14H2,1H3. The van der Waals surface area contributed by atoms with E-state index in [0.29, 0.717) is 43.4 Å². The van der Waals surface area contributed by atoms with E-state index in [2.05, 4.69) is 15.4 Å². The zero-order valence-electron chi connectivity index (χ0n) is 17.3. The molecule has 1 aromatic heterocycles. The van der Waals surface area contributed by atoms with E-state index in [-0.39, 0.29) is 12.5 Å². The Morgan fingerprint density at radius 3 is 2.53 bits per heavy atom. The van der Waals surface area contributed by atoms with Crippen molar-refractivity contribution in [2.45, 2.75) is 12.7 Å². The number of halogens is 3. The van der Waals surface area contributed by atoms with Gasteiger partial charge in [0, 0.05) is 37.4 Å². The first-order valence-corrected chi connectivity index (χ1v) is 9.96. The molecule has 0 atom stereocenters. The minimum Gasteiger partial charge on any atom is -0.497 e. The van der Waals surface area contributed by atoms with Gasteiger partial charge < -0.3 is 14.5 Å². The number of ether oxygens (including phenoxy) is 1. The van der Waals surface area contributed by atoms with Crippen LogP contribution in [0.4, 0.5) is 18.9 Å². The number of carbonyl (C=O) groups excluding carboxylic acids is 1. The van der Waals surface area contributed by atoms with Crippen LogP contribution in [0.2, 0.25) is 0 Å². The maximum Gasteiger partial charge on any atom is 0.416 e. The highest BCUT2D eigenvalue weighted by molar-refractivity contribution is 5.76. The number of methoxy groups -OCH3 is 1. The second-order valence-corrected chi connectivity index (χ2v) is 7.29. The second kappa shape index (κ2) is 8.85. The van der Waals surface area contributed by atoms with Crippen molar-refractivity contribution in [2.24, 2.45) is 0 Å². The van der Waals surface area contributed by atoms with Crippen LogP contribution in [0.5, 0.6) is 5.75 Å². The summed E-state index contributed by atoms with van der Waals surface area (Å²) in [5.41, 5.74) is 0.531. The lowest BCUT2D eigenvalue weighted by atomic mass is 10.1. The van der Waals surface area contributed by atoms with Crippen LogP contribution in [0.1, 0.15) is 5.56 Å². The van der Waals surface area contributed by atoms with Crippen LogP contribution in [0.3, 0.4) is 0 Å². The lowest BCUT2D eigenvalue weighted by Crippen LogP contribution is -2.49. The van der Waals surface area contributed by atoms with Gasteiger partial charge in [0.05, 0.1) is 12.7 Å². The van der Waals surface area contributed by atoms with Crippen molar-refractivity contribution >= 4 is 11.6 Å². The highest BCUT2D eigenvalue weighted by Gasteiger charge is 2.31. The molecule has 8 nitrogen and oxygen atoms in total. The van der Waals surface area contributed by atoms with E-state index in [1.54, 1.807) is 30.2 Å². The van der Waals surface area contributed by atoms with Gasteiger partial charge in [0.2, 0.25) is 11.7 Å². The van der Waals surface area contributed by atoms with E-state index >= 15 is 0 Å². The Labute approximate surface area is 182 Å². The lowest BCUT2D eigenvalue weighted by Gasteiger charge is -2.36. The quantitative estimate of drug-likeness (QED) is 0.600. The molecule has 0 saturated carbocycles. The minimum absolute atomic E-state index is 0.0689. The van der Waals surface area contributed by atoms with Crippen molar-refractivity contribution in [3.8, 4) is 17.1 Å². The molecule has 32 heavy (non-hydrogen) atoms. The number of amides is 1. The molecule has 0 spiro atoms. The van der Waals surface area contributed by atoms with Crippen LogP contribution in [-0.4, -0.2) is 64.3 Å². The van der Waals surface area contributed by atoms with Crippen LogP contribution in [0.15, 0.2) is 48.5 Å². The first kappa shape index (κ1) is 21.6. The smallest absolute Gasteiger partial charge is 0.416 e. The largest absolute Gasteiger partial charge is 0.497 e. The Bertz CT molecular complexity index is 1090. The zero-order valence-corrected chi connectivity index (χ0v) is 17.3. The van der Waals surface area contributed by atoms with Crippen molar-refractivity contribution < 1.29 is 22.7 Å². The van der Waals surface area contributed by atoms with Gasteiger partial charge in [0.1, 0.15) is 12.3 Å². The lowest BCUT2D eigenvalue weighted by molar-refractivity contribution is -0.137. The second-order valence-electron chi connectivity index (χ2n) is 7.29. The third-order valence-corrected chi connectivity index (χ3v) is 5.23. The maximum absolute atomic E-state index is 13.0. The fourth-order valence-electron chi connectivity index (χ4n) is 3.50. The van der Waals surface area contributed by atoms with Gasteiger partial charge in [0.15, 0.2) is 0 Å². The average molecular weight is 446 g/mol. The van der Waals surface area contributed by atoms with E-state index in [1.807, 2.05) is 17.0 Å². The summed E-state index contributed by atoms with van der Waals surface area (Å²) in [7, 11) is 1.56. The third-order valence-electron chi connectivity index (χ3n) is 5.23. The van der Waals surface area contributed by atoms with Crippen molar-refractivity contribution in [3.05, 3.63) is 54.1 Å². The summed E-state index contributed by atoms with van der Waals surface area (Å²) < 4.78 is 44.1. The molecule has 0 radical (unpaired) electrons. The van der Waals surface area contributed by atoms with E-state index in [0.717, 1.165) is 17.7 Å². The van der Waals surface area contributed by atoms with E-state index in [1.165, 1.54) is 10.9 Å². The van der Waals surface area contributed by atoms with Gasteiger partial charge in [0.25, 0.3) is 0 Å². The van der Waals surface area contributed by atoms with Gasteiger partial charge in [-0.05, 0) is 35.5 Å². The number of rotatable bonds is 5. The summed E-state index contributed by atoms with van der Waals surface area (Å²) in [5.74, 6) is 0.864. The fourth-order valence-corrected chi connectivity index (χ4v) is 3.50. The van der Waals surface area contributed by atoms with Crippen molar-refractivity contribution in [1.29, 1.82) is 0 Å². The molecular weight excluding hydrogens is 425 g/mol. The maximum atomic E-state index is 13.0. The summed E-state index contributed by atoms with van der Waals surface area (Å²) in [6.45, 7) is 1.60. The SMILES string of the molecule is COc1cccc(-c2nnn(CC(=O)N3CCN(c4cccc(C(F)(F)F)c4)CC3)n2)c1. The number of carbonyl (C=O) groups is 1. The van der Waals surface area contributed by atoms with E-state index in [9.17, 15) is 18.0 Å². The fraction of sp³-hybridized carbons (Fsp3) is 0.333. The summed E-state index contributed by atoms with van der Waals surface area (Å²) in [6, 6.07) is 12.4. The Kier molecular flexibility index (Phi) is 5.97. The zero-order chi connectivity index (χ0) is 22.7. The van der Waals surface area contributed by atoms with Crippen molar-refractivity contribution in [1.82, 2.24) is 25.1 Å². The number of hydrogen-bond donors (Lipinski definition) is 0. The normalized spacial score (nSPS) is 14.5. The molecule has 1 saturated heterocycles. The number of hydrogen-bond acceptors (Lipinski definition) is 6. The first-order chi connectivity index (χ1) is 15.3. The molecule has 2 aromatic carbocycles. The number of nitrogens with zero attached hydrogens (tertiary/aromatic N) is 6. The minimum atomic E-state index is -4.39. The molecular formula is C21H21F3N6O2. The molecule has 0 aliphatic carbocycles. The van der Waals surface area contributed by atoms with Gasteiger partial charge in [-0.1, -0.05) is 18.2 Å². The Balaban J connectivity index is 1.35. The van der Waals surface area contributed by atoms with Crippen LogP contribution < -0.4 is 9.64 Å². The van der Waals surface area contributed by atoms with Gasteiger partial charge >= 0.3 is 6.18 Å². The average Bonchev–Trinajstić information content (AvgIpc) is 3.27. The van der Waals surface area contributed by atoms with Gasteiger partial charge in [-0.3, -0.25) is 4.79 Å². The predicted octanol–water partition coefficient (Wildman–Crippen LogP) is 2.72. The first-order valence-electron chi connectivity index (χ1n) is 9.96. The molecule has 4 rings (SSSR count). The molecule has 0 N–H and O–H groups in total. The molecule has 2 heterocycles. The van der Waals surface area contributed by atoms with Crippen LogP contribution in [0, 0.1) is 0 Å². The molecule has 1 fully saturated rings. The molecule has 1 aliphatic heterocycles. The number of anilines is 1. The molecule has 11 heteroatoms. The number of tetrazole rings is 1. The molecule has 168 valence electrons. The van der Waals surface area contributed by atoms with Crippen molar-refractivity contribution in [3.63, 3.8) is 0 Å².